The van der Waals surface area contributed by atoms with Crippen molar-refractivity contribution in [2.45, 2.75) is 6.42 Å². The van der Waals surface area contributed by atoms with Gasteiger partial charge in [-0.3, -0.25) is 9.78 Å². The van der Waals surface area contributed by atoms with Gasteiger partial charge in [0.1, 0.15) is 0 Å². The lowest BCUT2D eigenvalue weighted by Gasteiger charge is -2.11. The number of amides is 1. The molecule has 0 aliphatic carbocycles. The Kier molecular flexibility index (Phi) is 2.68. The Balaban J connectivity index is 0.00000110. The fraction of sp³-hybridized carbons (Fsp3) is 0.143. The zero-order valence-electron chi connectivity index (χ0n) is 10.1. The number of aromatic amines is 1. The predicted octanol–water partition coefficient (Wildman–Crippen LogP) is 2.42. The fourth-order valence-electron chi connectivity index (χ4n) is 2.72. The first-order valence-electron chi connectivity index (χ1n) is 6.00. The maximum Gasteiger partial charge on any atom is 0.253 e. The predicted molar refractivity (Wildman–Crippen MR) is 76.9 cm³/mol. The number of pyridine rings is 1. The molecular formula is C14H12ClN3O. The van der Waals surface area contributed by atoms with Crippen LogP contribution in [0.3, 0.4) is 0 Å². The molecular weight excluding hydrogens is 262 g/mol. The maximum atomic E-state index is 12.0. The number of hydrogen-bond acceptors (Lipinski definition) is 2. The molecule has 1 amide bonds. The molecule has 0 saturated carbocycles. The summed E-state index contributed by atoms with van der Waals surface area (Å²) in [6.45, 7) is 0.706. The van der Waals surface area contributed by atoms with E-state index < -0.39 is 0 Å². The topological polar surface area (TPSA) is 57.8 Å². The highest BCUT2D eigenvalue weighted by molar-refractivity contribution is 6.15. The Morgan fingerprint density at radius 2 is 2.05 bits per heavy atom. The van der Waals surface area contributed by atoms with Crippen molar-refractivity contribution in [3.05, 3.63) is 41.9 Å². The molecule has 19 heavy (non-hydrogen) atoms. The van der Waals surface area contributed by atoms with Crippen molar-refractivity contribution in [3.63, 3.8) is 0 Å². The zero-order valence-corrected chi connectivity index (χ0v) is 10.9. The van der Waals surface area contributed by atoms with Crippen LogP contribution in [-0.4, -0.2) is 22.4 Å². The number of rotatable bonds is 0. The van der Waals surface area contributed by atoms with Crippen molar-refractivity contribution in [2.24, 2.45) is 0 Å². The van der Waals surface area contributed by atoms with Crippen LogP contribution in [0.2, 0.25) is 0 Å². The standard InChI is InChI=1S/C14H11N3O.ClH/c18-14-12-10-2-1-8-7-15-5-3-9(8)13(10)17-11(12)4-6-16-14;/h1-3,5,7,17H,4,6H2,(H,16,18);1H. The van der Waals surface area contributed by atoms with Gasteiger partial charge >= 0.3 is 0 Å². The SMILES string of the molecule is Cl.O=C1NCCc2[nH]c3c(ccc4cnccc43)c21. The van der Waals surface area contributed by atoms with Gasteiger partial charge in [-0.1, -0.05) is 12.1 Å². The first-order valence-corrected chi connectivity index (χ1v) is 6.00. The summed E-state index contributed by atoms with van der Waals surface area (Å²) in [6.07, 6.45) is 4.48. The van der Waals surface area contributed by atoms with Gasteiger partial charge in [-0.25, -0.2) is 0 Å². The van der Waals surface area contributed by atoms with E-state index in [1.165, 1.54) is 0 Å². The third kappa shape index (κ3) is 1.60. The summed E-state index contributed by atoms with van der Waals surface area (Å²) >= 11 is 0. The van der Waals surface area contributed by atoms with Crippen LogP contribution in [0, 0.1) is 0 Å². The molecule has 0 radical (unpaired) electrons. The molecule has 0 saturated heterocycles. The lowest BCUT2D eigenvalue weighted by Crippen LogP contribution is -2.31. The number of nitrogens with one attached hydrogen (secondary N) is 2. The van der Waals surface area contributed by atoms with E-state index in [-0.39, 0.29) is 18.3 Å². The van der Waals surface area contributed by atoms with E-state index in [4.69, 9.17) is 0 Å². The molecule has 0 atom stereocenters. The summed E-state index contributed by atoms with van der Waals surface area (Å²) < 4.78 is 0. The van der Waals surface area contributed by atoms with Crippen LogP contribution in [0.25, 0.3) is 21.7 Å². The summed E-state index contributed by atoms with van der Waals surface area (Å²) in [5, 5.41) is 6.10. The Bertz CT molecular complexity index is 794. The van der Waals surface area contributed by atoms with Crippen molar-refractivity contribution >= 4 is 40.0 Å². The second-order valence-electron chi connectivity index (χ2n) is 4.57. The van der Waals surface area contributed by atoms with Crippen LogP contribution in [0.15, 0.2) is 30.6 Å². The molecule has 2 aromatic heterocycles. The number of carbonyl (C=O) groups excluding carboxylic acids is 1. The molecule has 1 aliphatic rings. The second-order valence-corrected chi connectivity index (χ2v) is 4.57. The van der Waals surface area contributed by atoms with Crippen LogP contribution in [0.5, 0.6) is 0 Å². The monoisotopic (exact) mass is 273 g/mol. The zero-order chi connectivity index (χ0) is 12.1. The number of hydrogen-bond donors (Lipinski definition) is 2. The van der Waals surface area contributed by atoms with Crippen LogP contribution < -0.4 is 5.32 Å². The normalized spacial score (nSPS) is 14.0. The van der Waals surface area contributed by atoms with Gasteiger partial charge in [-0.2, -0.15) is 0 Å². The Morgan fingerprint density at radius 3 is 2.95 bits per heavy atom. The highest BCUT2D eigenvalue weighted by Crippen LogP contribution is 2.30. The van der Waals surface area contributed by atoms with E-state index >= 15 is 0 Å². The average molecular weight is 274 g/mol. The first-order chi connectivity index (χ1) is 8.84. The van der Waals surface area contributed by atoms with Crippen molar-refractivity contribution in [1.29, 1.82) is 0 Å². The number of fused-ring (bicyclic) bond motifs is 5. The molecule has 0 fully saturated rings. The number of nitrogens with zero attached hydrogens (tertiary/aromatic N) is 1. The third-order valence-electron chi connectivity index (χ3n) is 3.55. The highest BCUT2D eigenvalue weighted by atomic mass is 35.5. The molecule has 0 unspecified atom stereocenters. The molecule has 5 heteroatoms. The first kappa shape index (κ1) is 12.0. The van der Waals surface area contributed by atoms with Crippen LogP contribution >= 0.6 is 12.4 Å². The number of benzene rings is 1. The van der Waals surface area contributed by atoms with Gasteiger partial charge in [-0.05, 0) is 6.07 Å². The summed E-state index contributed by atoms with van der Waals surface area (Å²) in [5.41, 5.74) is 2.88. The van der Waals surface area contributed by atoms with Crippen LogP contribution in [0.1, 0.15) is 16.1 Å². The molecule has 1 aromatic carbocycles. The molecule has 3 aromatic rings. The van der Waals surface area contributed by atoms with Gasteiger partial charge in [0.05, 0.1) is 11.1 Å². The number of halogens is 1. The quantitative estimate of drug-likeness (QED) is 0.661. The Labute approximate surface area is 115 Å². The maximum absolute atomic E-state index is 12.0. The average Bonchev–Trinajstić information content (AvgIpc) is 2.79. The largest absolute Gasteiger partial charge is 0.357 e. The van der Waals surface area contributed by atoms with E-state index in [1.54, 1.807) is 6.20 Å². The van der Waals surface area contributed by atoms with Gasteiger partial charge in [-0.15, -0.1) is 12.4 Å². The van der Waals surface area contributed by atoms with Gasteiger partial charge < -0.3 is 10.3 Å². The minimum atomic E-state index is 0. The summed E-state index contributed by atoms with van der Waals surface area (Å²) in [6, 6.07) is 6.00. The van der Waals surface area contributed by atoms with E-state index in [0.29, 0.717) is 6.54 Å². The Hall–Kier alpha value is -2.07. The highest BCUT2D eigenvalue weighted by Gasteiger charge is 2.22. The second kappa shape index (κ2) is 4.24. The molecule has 4 nitrogen and oxygen atoms in total. The van der Waals surface area contributed by atoms with Crippen molar-refractivity contribution in [1.82, 2.24) is 15.3 Å². The van der Waals surface area contributed by atoms with Crippen LogP contribution in [-0.2, 0) is 6.42 Å². The number of carbonyl (C=O) groups is 1. The lowest BCUT2D eigenvalue weighted by atomic mass is 10.0. The Morgan fingerprint density at radius 1 is 1.16 bits per heavy atom. The molecule has 3 heterocycles. The smallest absolute Gasteiger partial charge is 0.253 e. The van der Waals surface area contributed by atoms with Gasteiger partial charge in [0, 0.05) is 47.2 Å². The summed E-state index contributed by atoms with van der Waals surface area (Å²) in [5.74, 6) is 0.0240. The summed E-state index contributed by atoms with van der Waals surface area (Å²) in [7, 11) is 0. The molecule has 96 valence electrons. The van der Waals surface area contributed by atoms with Crippen LogP contribution in [0.4, 0.5) is 0 Å². The molecule has 1 aliphatic heterocycles. The van der Waals surface area contributed by atoms with E-state index in [1.807, 2.05) is 24.4 Å². The van der Waals surface area contributed by atoms with E-state index in [9.17, 15) is 4.79 Å². The van der Waals surface area contributed by atoms with Gasteiger partial charge in [0.2, 0.25) is 0 Å². The fourth-order valence-corrected chi connectivity index (χ4v) is 2.72. The van der Waals surface area contributed by atoms with Gasteiger partial charge in [0.25, 0.3) is 5.91 Å². The third-order valence-corrected chi connectivity index (χ3v) is 3.55. The van der Waals surface area contributed by atoms with Crippen molar-refractivity contribution in [3.8, 4) is 0 Å². The van der Waals surface area contributed by atoms with Crippen molar-refractivity contribution in [2.75, 3.05) is 6.54 Å². The number of H-pyrrole nitrogens is 1. The minimum Gasteiger partial charge on any atom is -0.357 e. The van der Waals surface area contributed by atoms with E-state index in [2.05, 4.69) is 15.3 Å². The molecule has 0 spiro atoms. The number of aromatic nitrogens is 2. The summed E-state index contributed by atoms with van der Waals surface area (Å²) in [4.78, 5) is 19.5. The molecule has 0 bridgehead atoms. The lowest BCUT2D eigenvalue weighted by molar-refractivity contribution is 0.0947. The molecule has 2 N–H and O–H groups in total. The van der Waals surface area contributed by atoms with Gasteiger partial charge in [0.15, 0.2) is 0 Å². The minimum absolute atomic E-state index is 0. The molecule has 4 rings (SSSR count). The van der Waals surface area contributed by atoms with Crippen molar-refractivity contribution < 1.29 is 4.79 Å². The van der Waals surface area contributed by atoms with E-state index in [0.717, 1.165) is 39.4 Å².